The number of aliphatic hydroxyl groups excluding tert-OH is 1. The van der Waals surface area contributed by atoms with Gasteiger partial charge >= 0.3 is 6.18 Å². The fourth-order valence-corrected chi connectivity index (χ4v) is 1.95. The highest BCUT2D eigenvalue weighted by molar-refractivity contribution is 5.31. The Labute approximate surface area is 114 Å². The summed E-state index contributed by atoms with van der Waals surface area (Å²) in [6.07, 6.45) is -5.35. The molecule has 0 amide bonds. The Morgan fingerprint density at radius 2 is 1.70 bits per heavy atom. The molecule has 20 heavy (non-hydrogen) atoms. The van der Waals surface area contributed by atoms with Crippen molar-refractivity contribution < 1.29 is 23.4 Å². The van der Waals surface area contributed by atoms with E-state index < -0.39 is 17.8 Å². The maximum absolute atomic E-state index is 12.6. The van der Waals surface area contributed by atoms with E-state index in [1.54, 1.807) is 12.1 Å². The van der Waals surface area contributed by atoms with Gasteiger partial charge in [-0.3, -0.25) is 0 Å². The maximum Gasteiger partial charge on any atom is 0.416 e. The van der Waals surface area contributed by atoms with E-state index in [9.17, 15) is 23.4 Å². The molecule has 0 bridgehead atoms. The number of aliphatic hydroxyl groups is 1. The molecule has 0 aliphatic carbocycles. The molecule has 0 aromatic heterocycles. The summed E-state index contributed by atoms with van der Waals surface area (Å²) in [4.78, 5) is 0. The third-order valence-corrected chi connectivity index (χ3v) is 2.94. The average molecular weight is 282 g/mol. The lowest BCUT2D eigenvalue weighted by Gasteiger charge is -2.14. The van der Waals surface area contributed by atoms with Crippen LogP contribution in [0.4, 0.5) is 13.2 Å². The minimum absolute atomic E-state index is 0.0544. The highest BCUT2D eigenvalue weighted by atomic mass is 19.4. The minimum Gasteiger partial charge on any atom is -0.508 e. The Hall–Kier alpha value is -2.01. The summed E-state index contributed by atoms with van der Waals surface area (Å²) >= 11 is 0. The summed E-state index contributed by atoms with van der Waals surface area (Å²) in [5.74, 6) is 0.0544. The first kappa shape index (κ1) is 14.4. The third kappa shape index (κ3) is 3.51. The lowest BCUT2D eigenvalue weighted by molar-refractivity contribution is -0.137. The lowest BCUT2D eigenvalue weighted by Crippen LogP contribution is -2.08. The van der Waals surface area contributed by atoms with Crippen LogP contribution in [0.15, 0.2) is 48.5 Å². The Balaban J connectivity index is 2.19. The van der Waals surface area contributed by atoms with Gasteiger partial charge < -0.3 is 10.2 Å². The number of phenolic OH excluding ortho intramolecular Hbond substituents is 1. The molecule has 2 rings (SSSR count). The predicted octanol–water partition coefficient (Wildman–Crippen LogP) is 3.69. The summed E-state index contributed by atoms with van der Waals surface area (Å²) < 4.78 is 37.8. The monoisotopic (exact) mass is 282 g/mol. The zero-order valence-electron chi connectivity index (χ0n) is 10.4. The zero-order chi connectivity index (χ0) is 14.8. The number of hydrogen-bond donors (Lipinski definition) is 2. The summed E-state index contributed by atoms with van der Waals surface area (Å²) in [7, 11) is 0. The van der Waals surface area contributed by atoms with Gasteiger partial charge in [0, 0.05) is 6.42 Å². The molecule has 0 fully saturated rings. The van der Waals surface area contributed by atoms with Gasteiger partial charge in [0.05, 0.1) is 11.7 Å². The van der Waals surface area contributed by atoms with Crippen LogP contribution in [0.25, 0.3) is 0 Å². The van der Waals surface area contributed by atoms with E-state index in [1.807, 2.05) is 0 Å². The quantitative estimate of drug-likeness (QED) is 0.901. The molecule has 0 heterocycles. The van der Waals surface area contributed by atoms with Crippen molar-refractivity contribution in [1.29, 1.82) is 0 Å². The Kier molecular flexibility index (Phi) is 3.99. The first-order valence-electron chi connectivity index (χ1n) is 5.99. The fraction of sp³-hybridized carbons (Fsp3) is 0.200. The second kappa shape index (κ2) is 5.54. The highest BCUT2D eigenvalue weighted by Gasteiger charge is 2.30. The smallest absolute Gasteiger partial charge is 0.416 e. The van der Waals surface area contributed by atoms with Gasteiger partial charge in [0.25, 0.3) is 0 Å². The standard InChI is InChI=1S/C15H13F3O2/c16-15(17,18)12-5-2-4-11(9-12)14(20)8-10-3-1-6-13(19)7-10/h1-7,9,14,19-20H,8H2. The van der Waals surface area contributed by atoms with Crippen molar-refractivity contribution in [2.75, 3.05) is 0 Å². The van der Waals surface area contributed by atoms with E-state index in [1.165, 1.54) is 24.3 Å². The molecule has 0 spiro atoms. The van der Waals surface area contributed by atoms with Crippen molar-refractivity contribution >= 4 is 0 Å². The molecule has 2 aromatic carbocycles. The molecule has 0 aliphatic rings. The average Bonchev–Trinajstić information content (AvgIpc) is 2.38. The second-order valence-corrected chi connectivity index (χ2v) is 4.51. The SMILES string of the molecule is Oc1cccc(CC(O)c2cccc(C(F)(F)F)c2)c1. The van der Waals surface area contributed by atoms with Gasteiger partial charge in [-0.05, 0) is 35.4 Å². The lowest BCUT2D eigenvalue weighted by atomic mass is 9.99. The molecule has 2 aromatic rings. The molecule has 0 aliphatic heterocycles. The molecular formula is C15H13F3O2. The van der Waals surface area contributed by atoms with Gasteiger partial charge in [-0.1, -0.05) is 24.3 Å². The maximum atomic E-state index is 12.6. The largest absolute Gasteiger partial charge is 0.508 e. The van der Waals surface area contributed by atoms with Crippen molar-refractivity contribution in [3.8, 4) is 5.75 Å². The predicted molar refractivity (Wildman–Crippen MR) is 68.2 cm³/mol. The molecule has 106 valence electrons. The van der Waals surface area contributed by atoms with Gasteiger partial charge in [0.15, 0.2) is 0 Å². The number of hydrogen-bond acceptors (Lipinski definition) is 2. The van der Waals surface area contributed by atoms with E-state index in [2.05, 4.69) is 0 Å². The number of halogens is 3. The molecule has 1 atom stereocenters. The van der Waals surface area contributed by atoms with Crippen LogP contribution in [0.1, 0.15) is 22.8 Å². The highest BCUT2D eigenvalue weighted by Crippen LogP contribution is 2.31. The van der Waals surface area contributed by atoms with Crippen molar-refractivity contribution in [2.24, 2.45) is 0 Å². The van der Waals surface area contributed by atoms with Crippen LogP contribution < -0.4 is 0 Å². The van der Waals surface area contributed by atoms with Gasteiger partial charge in [-0.25, -0.2) is 0 Å². The molecular weight excluding hydrogens is 269 g/mol. The van der Waals surface area contributed by atoms with Crippen LogP contribution in [-0.2, 0) is 12.6 Å². The molecule has 0 saturated heterocycles. The van der Waals surface area contributed by atoms with Crippen molar-refractivity contribution in [3.05, 3.63) is 65.2 Å². The van der Waals surface area contributed by atoms with E-state index in [-0.39, 0.29) is 17.7 Å². The molecule has 2 N–H and O–H groups in total. The minimum atomic E-state index is -4.43. The van der Waals surface area contributed by atoms with Crippen molar-refractivity contribution in [1.82, 2.24) is 0 Å². The van der Waals surface area contributed by atoms with E-state index in [0.29, 0.717) is 5.56 Å². The Morgan fingerprint density at radius 3 is 2.35 bits per heavy atom. The summed E-state index contributed by atoms with van der Waals surface area (Å²) in [5, 5.41) is 19.3. The first-order valence-corrected chi connectivity index (χ1v) is 5.99. The van der Waals surface area contributed by atoms with Gasteiger partial charge in [-0.15, -0.1) is 0 Å². The van der Waals surface area contributed by atoms with Crippen LogP contribution in [0, 0.1) is 0 Å². The van der Waals surface area contributed by atoms with Crippen LogP contribution in [0.3, 0.4) is 0 Å². The molecule has 5 heteroatoms. The topological polar surface area (TPSA) is 40.5 Å². The summed E-state index contributed by atoms with van der Waals surface area (Å²) in [5.41, 5.74) is 0.0584. The van der Waals surface area contributed by atoms with Crippen LogP contribution in [0.5, 0.6) is 5.75 Å². The normalized spacial score (nSPS) is 13.2. The van der Waals surface area contributed by atoms with E-state index in [4.69, 9.17) is 0 Å². The van der Waals surface area contributed by atoms with Gasteiger partial charge in [-0.2, -0.15) is 13.2 Å². The van der Waals surface area contributed by atoms with Crippen molar-refractivity contribution in [2.45, 2.75) is 18.7 Å². The third-order valence-electron chi connectivity index (χ3n) is 2.94. The van der Waals surface area contributed by atoms with E-state index >= 15 is 0 Å². The van der Waals surface area contributed by atoms with Crippen LogP contribution >= 0.6 is 0 Å². The van der Waals surface area contributed by atoms with E-state index in [0.717, 1.165) is 12.1 Å². The number of rotatable bonds is 3. The summed E-state index contributed by atoms with van der Waals surface area (Å²) in [6, 6.07) is 10.9. The number of benzene rings is 2. The van der Waals surface area contributed by atoms with Gasteiger partial charge in [0.2, 0.25) is 0 Å². The molecule has 0 saturated carbocycles. The van der Waals surface area contributed by atoms with Gasteiger partial charge in [0.1, 0.15) is 5.75 Å². The molecule has 0 radical (unpaired) electrons. The molecule has 2 nitrogen and oxygen atoms in total. The first-order chi connectivity index (χ1) is 9.36. The second-order valence-electron chi connectivity index (χ2n) is 4.51. The fourth-order valence-electron chi connectivity index (χ4n) is 1.95. The number of alkyl halides is 3. The van der Waals surface area contributed by atoms with Crippen LogP contribution in [0.2, 0.25) is 0 Å². The Morgan fingerprint density at radius 1 is 1.00 bits per heavy atom. The Bertz CT molecular complexity index is 594. The zero-order valence-corrected chi connectivity index (χ0v) is 10.4. The molecule has 1 unspecified atom stereocenters. The number of aromatic hydroxyl groups is 1. The van der Waals surface area contributed by atoms with Crippen LogP contribution in [-0.4, -0.2) is 10.2 Å². The van der Waals surface area contributed by atoms with Crippen molar-refractivity contribution in [3.63, 3.8) is 0 Å². The summed E-state index contributed by atoms with van der Waals surface area (Å²) in [6.45, 7) is 0. The number of phenols is 1.